The molecular formula is C49H72N14O17. The fourth-order valence-corrected chi connectivity index (χ4v) is 8.29. The van der Waals surface area contributed by atoms with E-state index < -0.39 is 163 Å². The van der Waals surface area contributed by atoms with Gasteiger partial charge in [0.05, 0.1) is 19.0 Å². The third-order valence-corrected chi connectivity index (χ3v) is 12.6. The third-order valence-electron chi connectivity index (χ3n) is 12.6. The maximum atomic E-state index is 13.8. The monoisotopic (exact) mass is 1130 g/mol. The number of aliphatic carboxylic acids is 4. The fourth-order valence-electron chi connectivity index (χ4n) is 8.29. The molecule has 1 aliphatic heterocycles. The van der Waals surface area contributed by atoms with E-state index in [9.17, 15) is 77.6 Å². The molecule has 9 amide bonds. The third kappa shape index (κ3) is 21.1. The van der Waals surface area contributed by atoms with Crippen LogP contribution in [0.15, 0.2) is 30.5 Å². The SMILES string of the molecule is CC(C)[C@H](NC(=O)[C@H](C)NC(=O)[C@H](CCC(=O)O)NC(=O)[C@H](C)NC(=O)[C@@H]1CCCN1C(=O)[C@@H](N)CCC(=O)O)C(=O)NCC(=O)N[C@@H](CC(=O)O)C(=O)N[C@@H](Cc1c[nH]c2ccccc12)C(=O)N[C@@H](CCCNC(=N)N)C(=O)O. The van der Waals surface area contributed by atoms with Gasteiger partial charge in [-0.3, -0.25) is 62.9 Å². The lowest BCUT2D eigenvalue weighted by Gasteiger charge is -2.28. The number of para-hydroxylation sites is 1. The Balaban J connectivity index is 1.66. The number of carbonyl (C=O) groups excluding carboxylic acids is 9. The second kappa shape index (κ2) is 31.5. The van der Waals surface area contributed by atoms with Crippen LogP contribution in [0.25, 0.3) is 10.9 Å². The second-order valence-corrected chi connectivity index (χ2v) is 19.4. The van der Waals surface area contributed by atoms with Gasteiger partial charge in [-0.2, -0.15) is 0 Å². The lowest BCUT2D eigenvalue weighted by atomic mass is 10.0. The molecule has 0 saturated carbocycles. The Bertz CT molecular complexity index is 2630. The minimum absolute atomic E-state index is 0.108. The van der Waals surface area contributed by atoms with Crippen molar-refractivity contribution in [2.45, 2.75) is 146 Å². The number of carbonyl (C=O) groups is 13. The van der Waals surface area contributed by atoms with Crippen LogP contribution >= 0.6 is 0 Å². The zero-order valence-electron chi connectivity index (χ0n) is 44.6. The zero-order chi connectivity index (χ0) is 60.0. The van der Waals surface area contributed by atoms with E-state index in [-0.39, 0.29) is 57.6 Å². The summed E-state index contributed by atoms with van der Waals surface area (Å²) in [6.07, 6.45) is -0.707. The van der Waals surface area contributed by atoms with E-state index >= 15 is 0 Å². The number of aromatic nitrogens is 1. The van der Waals surface area contributed by atoms with Crippen molar-refractivity contribution in [3.63, 3.8) is 0 Å². The summed E-state index contributed by atoms with van der Waals surface area (Å²) in [5.74, 6) is -15.0. The van der Waals surface area contributed by atoms with E-state index in [1.807, 2.05) is 0 Å². The summed E-state index contributed by atoms with van der Waals surface area (Å²) in [6, 6.07) is -5.93. The molecule has 440 valence electrons. The number of benzene rings is 1. The molecule has 1 aromatic heterocycles. The molecule has 31 nitrogen and oxygen atoms in total. The highest BCUT2D eigenvalue weighted by molar-refractivity contribution is 5.99. The Hall–Kier alpha value is -8.90. The van der Waals surface area contributed by atoms with Crippen LogP contribution in [0.2, 0.25) is 0 Å². The molecule has 1 aliphatic rings. The lowest BCUT2D eigenvalue weighted by molar-refractivity contribution is -0.143. The van der Waals surface area contributed by atoms with E-state index in [0.717, 1.165) is 0 Å². The van der Waals surface area contributed by atoms with E-state index in [0.29, 0.717) is 22.9 Å². The number of hydrogen-bond donors (Lipinski definition) is 17. The average Bonchev–Trinajstić information content (AvgIpc) is 4.05. The Morgan fingerprint density at radius 3 is 1.89 bits per heavy atom. The number of carboxylic acids is 4. The van der Waals surface area contributed by atoms with Crippen LogP contribution in [-0.2, 0) is 68.7 Å². The minimum Gasteiger partial charge on any atom is -0.481 e. The maximum Gasteiger partial charge on any atom is 0.326 e. The minimum atomic E-state index is -1.86. The van der Waals surface area contributed by atoms with Crippen LogP contribution in [0.5, 0.6) is 0 Å². The van der Waals surface area contributed by atoms with E-state index in [2.05, 4.69) is 52.8 Å². The van der Waals surface area contributed by atoms with Crippen LogP contribution in [-0.4, -0.2) is 187 Å². The number of fused-ring (bicyclic) bond motifs is 1. The molecule has 1 fully saturated rings. The molecule has 2 aromatic rings. The smallest absolute Gasteiger partial charge is 0.326 e. The molecule has 0 spiro atoms. The predicted molar refractivity (Wildman–Crippen MR) is 280 cm³/mol. The van der Waals surface area contributed by atoms with Crippen molar-refractivity contribution in [3.8, 4) is 0 Å². The van der Waals surface area contributed by atoms with Crippen molar-refractivity contribution in [1.29, 1.82) is 5.41 Å². The Morgan fingerprint density at radius 1 is 0.675 bits per heavy atom. The first-order valence-electron chi connectivity index (χ1n) is 25.6. The highest BCUT2D eigenvalue weighted by atomic mass is 16.4. The van der Waals surface area contributed by atoms with Crippen LogP contribution in [0, 0.1) is 11.3 Å². The van der Waals surface area contributed by atoms with Crippen LogP contribution < -0.4 is 59.3 Å². The van der Waals surface area contributed by atoms with Gasteiger partial charge in [0.15, 0.2) is 5.96 Å². The van der Waals surface area contributed by atoms with Crippen molar-refractivity contribution >= 4 is 93.9 Å². The summed E-state index contributed by atoms with van der Waals surface area (Å²) in [5, 5.41) is 67.2. The first-order valence-corrected chi connectivity index (χ1v) is 25.6. The molecule has 0 aliphatic carbocycles. The van der Waals surface area contributed by atoms with E-state index in [1.165, 1.54) is 32.6 Å². The van der Waals surface area contributed by atoms with Crippen molar-refractivity contribution in [2.75, 3.05) is 19.6 Å². The summed E-state index contributed by atoms with van der Waals surface area (Å²) in [4.78, 5) is 171. The summed E-state index contributed by atoms with van der Waals surface area (Å²) in [6.45, 7) is 4.88. The molecule has 1 aromatic carbocycles. The molecule has 1 saturated heterocycles. The maximum absolute atomic E-state index is 13.8. The van der Waals surface area contributed by atoms with Crippen LogP contribution in [0.4, 0.5) is 0 Å². The number of H-pyrrole nitrogens is 1. The lowest BCUT2D eigenvalue weighted by Crippen LogP contribution is -2.59. The van der Waals surface area contributed by atoms with E-state index in [1.54, 1.807) is 30.5 Å². The number of nitrogens with one attached hydrogen (secondary N) is 11. The summed E-state index contributed by atoms with van der Waals surface area (Å²) in [5.41, 5.74) is 12.3. The molecule has 0 radical (unpaired) electrons. The molecule has 2 heterocycles. The van der Waals surface area contributed by atoms with Crippen LogP contribution in [0.3, 0.4) is 0 Å². The number of rotatable bonds is 33. The van der Waals surface area contributed by atoms with Gasteiger partial charge in [-0.05, 0) is 69.9 Å². The zero-order valence-corrected chi connectivity index (χ0v) is 44.6. The molecule has 31 heteroatoms. The largest absolute Gasteiger partial charge is 0.481 e. The highest BCUT2D eigenvalue weighted by Gasteiger charge is 2.38. The molecule has 80 heavy (non-hydrogen) atoms. The highest BCUT2D eigenvalue weighted by Crippen LogP contribution is 2.21. The van der Waals surface area contributed by atoms with Gasteiger partial charge in [0.1, 0.15) is 48.3 Å². The fraction of sp³-hybridized carbons (Fsp3) is 0.551. The Morgan fingerprint density at radius 2 is 1.26 bits per heavy atom. The van der Waals surface area contributed by atoms with Crippen LogP contribution in [0.1, 0.15) is 91.0 Å². The van der Waals surface area contributed by atoms with Gasteiger partial charge in [0.25, 0.3) is 0 Å². The topological polar surface area (TPSA) is 506 Å². The molecule has 0 unspecified atom stereocenters. The molecular weight excluding hydrogens is 1060 g/mol. The number of hydrogen-bond acceptors (Lipinski definition) is 15. The number of likely N-dealkylation sites (tertiary alicyclic amines) is 1. The van der Waals surface area contributed by atoms with Crippen molar-refractivity contribution in [3.05, 3.63) is 36.0 Å². The number of guanidine groups is 1. The van der Waals surface area contributed by atoms with Gasteiger partial charge in [0, 0.05) is 49.5 Å². The predicted octanol–water partition coefficient (Wildman–Crippen LogP) is -4.21. The van der Waals surface area contributed by atoms with Gasteiger partial charge in [-0.1, -0.05) is 32.0 Å². The van der Waals surface area contributed by atoms with Gasteiger partial charge in [-0.15, -0.1) is 0 Å². The van der Waals surface area contributed by atoms with Gasteiger partial charge < -0.3 is 89.6 Å². The van der Waals surface area contributed by atoms with E-state index in [4.69, 9.17) is 22.0 Å². The average molecular weight is 1130 g/mol. The Kier molecular flexibility index (Phi) is 25.7. The summed E-state index contributed by atoms with van der Waals surface area (Å²) in [7, 11) is 0. The number of aromatic amines is 1. The quantitative estimate of drug-likeness (QED) is 0.0183. The molecule has 3 rings (SSSR count). The number of carboxylic acid groups (broad SMARTS) is 4. The number of nitrogens with two attached hydrogens (primary N) is 2. The van der Waals surface area contributed by atoms with Gasteiger partial charge in [0.2, 0.25) is 53.2 Å². The number of nitrogens with zero attached hydrogens (tertiary/aromatic N) is 1. The Labute approximate surface area is 458 Å². The van der Waals surface area contributed by atoms with Gasteiger partial charge in [-0.25, -0.2) is 4.79 Å². The first-order chi connectivity index (χ1) is 37.6. The molecule has 9 atom stereocenters. The van der Waals surface area contributed by atoms with Gasteiger partial charge >= 0.3 is 23.9 Å². The summed E-state index contributed by atoms with van der Waals surface area (Å²) >= 11 is 0. The van der Waals surface area contributed by atoms with Crippen molar-refractivity contribution < 1.29 is 82.8 Å². The van der Waals surface area contributed by atoms with Crippen molar-refractivity contribution in [2.24, 2.45) is 17.4 Å². The standard InChI is InChI=1S/C49H72N14O17/c1-23(2)39(62-41(72)25(4)56-42(73)30(14-16-37(67)68)59-40(71)24(3)57-45(76)34-12-8-18-63(34)47(78)28(50)13-15-36(65)66)46(77)55-22-35(64)58-33(20-38(69)70)44(75)61-32(19-26-21-54-29-10-6-5-9-27(26)29)43(74)60-31(48(79)80)11-7-17-53-49(51)52/h5-6,9-10,21,23-25,28,30-34,39,54H,7-8,11-20,22,50H2,1-4H3,(H,55,77)(H,56,73)(H,57,76)(H,58,64)(H,59,71)(H,60,74)(H,61,75)(H,62,72)(H,65,66)(H,67,68)(H,69,70)(H,79,80)(H4,51,52,53)/t24-,25-,28-,30-,31-,32-,33-,34-,39-/m0/s1. The normalized spacial score (nSPS) is 15.9. The molecule has 19 N–H and O–H groups in total. The molecule has 0 bridgehead atoms. The summed E-state index contributed by atoms with van der Waals surface area (Å²) < 4.78 is 0. The first kappa shape index (κ1) is 65.4. The number of amides is 9. The second-order valence-electron chi connectivity index (χ2n) is 19.4. The van der Waals surface area contributed by atoms with Crippen molar-refractivity contribution in [1.82, 2.24) is 57.7 Å².